The van der Waals surface area contributed by atoms with Crippen LogP contribution in [0.5, 0.6) is 0 Å². The van der Waals surface area contributed by atoms with E-state index in [0.717, 1.165) is 16.3 Å². The molecule has 2 aromatic carbocycles. The number of benzene rings is 2. The van der Waals surface area contributed by atoms with Crippen LogP contribution < -0.4 is 4.31 Å². The molecular weight excluding hydrogens is 222 g/mol. The fourth-order valence-corrected chi connectivity index (χ4v) is 2.11. The number of nitrogens with zero attached hydrogens (tertiary/aromatic N) is 1. The molecule has 0 aromatic heterocycles. The third kappa shape index (κ3) is 1.81. The fraction of sp³-hybridized carbons (Fsp3) is 0.167. The monoisotopic (exact) mass is 234 g/mol. The van der Waals surface area contributed by atoms with Crippen LogP contribution in [0.1, 0.15) is 5.56 Å². The van der Waals surface area contributed by atoms with Crippen molar-refractivity contribution >= 4 is 27.7 Å². The largest absolute Gasteiger partial charge is 0.755 e. The molecule has 0 aliphatic rings. The van der Waals surface area contributed by atoms with E-state index in [0.29, 0.717) is 5.69 Å². The topological polar surface area (TPSA) is 43.4 Å². The van der Waals surface area contributed by atoms with Gasteiger partial charge in [0.05, 0.1) is 5.69 Å². The van der Waals surface area contributed by atoms with E-state index in [-0.39, 0.29) is 0 Å². The van der Waals surface area contributed by atoms with Crippen molar-refractivity contribution in [2.45, 2.75) is 6.92 Å². The van der Waals surface area contributed by atoms with Crippen LogP contribution in [0.2, 0.25) is 0 Å². The fourth-order valence-electron chi connectivity index (χ4n) is 1.79. The van der Waals surface area contributed by atoms with Gasteiger partial charge in [-0.3, -0.25) is 4.21 Å². The second kappa shape index (κ2) is 4.23. The summed E-state index contributed by atoms with van der Waals surface area (Å²) in [5.74, 6) is 0. The molecule has 0 aliphatic carbocycles. The first-order valence-electron chi connectivity index (χ1n) is 4.92. The highest BCUT2D eigenvalue weighted by atomic mass is 32.2. The van der Waals surface area contributed by atoms with Gasteiger partial charge in [-0.15, -0.1) is 0 Å². The van der Waals surface area contributed by atoms with Crippen LogP contribution in [-0.4, -0.2) is 15.8 Å². The highest BCUT2D eigenvalue weighted by Crippen LogP contribution is 2.28. The molecule has 1 unspecified atom stereocenters. The SMILES string of the molecule is Cc1ccc(N(C)S(=O)[O-])c2ccccc12. The van der Waals surface area contributed by atoms with E-state index >= 15 is 0 Å². The summed E-state index contributed by atoms with van der Waals surface area (Å²) < 4.78 is 23.1. The van der Waals surface area contributed by atoms with Crippen LogP contribution in [-0.2, 0) is 11.3 Å². The maximum Gasteiger partial charge on any atom is 0.0557 e. The van der Waals surface area contributed by atoms with E-state index in [1.54, 1.807) is 7.05 Å². The number of hydrogen-bond donors (Lipinski definition) is 0. The highest BCUT2D eigenvalue weighted by Gasteiger charge is 2.07. The average molecular weight is 234 g/mol. The van der Waals surface area contributed by atoms with Crippen molar-refractivity contribution < 1.29 is 8.76 Å². The zero-order chi connectivity index (χ0) is 11.7. The third-order valence-electron chi connectivity index (χ3n) is 2.68. The molecule has 1 atom stereocenters. The standard InChI is InChI=1S/C12H13NO2S/c1-9-7-8-12(13(2)16(14)15)11-6-4-3-5-10(9)11/h3-8H,1-2H3,(H,14,15)/p-1. The molecule has 3 nitrogen and oxygen atoms in total. The minimum atomic E-state index is -2.24. The van der Waals surface area contributed by atoms with Crippen molar-refractivity contribution in [1.29, 1.82) is 0 Å². The molecule has 0 aliphatic heterocycles. The first-order valence-corrected chi connectivity index (χ1v) is 5.96. The molecule has 0 radical (unpaired) electrons. The van der Waals surface area contributed by atoms with Gasteiger partial charge in [-0.2, -0.15) is 0 Å². The molecule has 0 saturated heterocycles. The van der Waals surface area contributed by atoms with Crippen LogP contribution in [0, 0.1) is 6.92 Å². The van der Waals surface area contributed by atoms with E-state index in [1.807, 2.05) is 43.3 Å². The minimum Gasteiger partial charge on any atom is -0.755 e. The minimum absolute atomic E-state index is 0.703. The molecule has 2 rings (SSSR count). The summed E-state index contributed by atoms with van der Waals surface area (Å²) in [6, 6.07) is 11.5. The van der Waals surface area contributed by atoms with E-state index in [1.165, 1.54) is 4.31 Å². The Morgan fingerprint density at radius 2 is 1.75 bits per heavy atom. The lowest BCUT2D eigenvalue weighted by molar-refractivity contribution is 0.535. The van der Waals surface area contributed by atoms with Crippen LogP contribution in [0.15, 0.2) is 36.4 Å². The normalized spacial score (nSPS) is 12.7. The zero-order valence-corrected chi connectivity index (χ0v) is 9.95. The van der Waals surface area contributed by atoms with E-state index < -0.39 is 11.3 Å². The molecular formula is C12H12NO2S-. The van der Waals surface area contributed by atoms with Crippen molar-refractivity contribution in [2.24, 2.45) is 0 Å². The molecule has 4 heteroatoms. The molecule has 0 bridgehead atoms. The molecule has 0 saturated carbocycles. The molecule has 2 aromatic rings. The van der Waals surface area contributed by atoms with Gasteiger partial charge >= 0.3 is 0 Å². The molecule has 84 valence electrons. The molecule has 16 heavy (non-hydrogen) atoms. The summed E-state index contributed by atoms with van der Waals surface area (Å²) >= 11 is -2.24. The van der Waals surface area contributed by atoms with E-state index in [9.17, 15) is 8.76 Å². The average Bonchev–Trinajstić information content (AvgIpc) is 2.29. The summed E-state index contributed by atoms with van der Waals surface area (Å²) in [5, 5.41) is 2.03. The van der Waals surface area contributed by atoms with Gasteiger partial charge in [0.1, 0.15) is 0 Å². The summed E-state index contributed by atoms with van der Waals surface area (Å²) in [4.78, 5) is 0. The molecule has 0 N–H and O–H groups in total. The van der Waals surface area contributed by atoms with Gasteiger partial charge in [-0.1, -0.05) is 30.3 Å². The van der Waals surface area contributed by atoms with Crippen molar-refractivity contribution in [2.75, 3.05) is 11.4 Å². The van der Waals surface area contributed by atoms with Crippen LogP contribution >= 0.6 is 0 Å². The lowest BCUT2D eigenvalue weighted by Crippen LogP contribution is -2.19. The van der Waals surface area contributed by atoms with Crippen LogP contribution in [0.4, 0.5) is 5.69 Å². The Kier molecular flexibility index (Phi) is 2.94. The summed E-state index contributed by atoms with van der Waals surface area (Å²) in [5.41, 5.74) is 1.85. The first-order chi connectivity index (χ1) is 7.61. The van der Waals surface area contributed by atoms with Gasteiger partial charge in [0.15, 0.2) is 0 Å². The van der Waals surface area contributed by atoms with Gasteiger partial charge in [0.2, 0.25) is 0 Å². The second-order valence-corrected chi connectivity index (χ2v) is 4.64. The van der Waals surface area contributed by atoms with Crippen molar-refractivity contribution in [3.8, 4) is 0 Å². The molecule has 0 amide bonds. The van der Waals surface area contributed by atoms with Gasteiger partial charge in [0.25, 0.3) is 0 Å². The number of fused-ring (bicyclic) bond motifs is 1. The van der Waals surface area contributed by atoms with Crippen LogP contribution in [0.25, 0.3) is 10.8 Å². The molecule has 0 spiro atoms. The van der Waals surface area contributed by atoms with Crippen LogP contribution in [0.3, 0.4) is 0 Å². The maximum atomic E-state index is 11.0. The maximum absolute atomic E-state index is 11.0. The predicted octanol–water partition coefficient (Wildman–Crippen LogP) is 2.38. The van der Waals surface area contributed by atoms with Crippen molar-refractivity contribution in [1.82, 2.24) is 0 Å². The Morgan fingerprint density at radius 1 is 1.12 bits per heavy atom. The van der Waals surface area contributed by atoms with Gasteiger partial charge in [0, 0.05) is 23.7 Å². The summed E-state index contributed by atoms with van der Waals surface area (Å²) in [6.45, 7) is 2.01. The van der Waals surface area contributed by atoms with E-state index in [4.69, 9.17) is 0 Å². The smallest absolute Gasteiger partial charge is 0.0557 e. The first kappa shape index (κ1) is 11.1. The van der Waals surface area contributed by atoms with E-state index in [2.05, 4.69) is 0 Å². The third-order valence-corrected chi connectivity index (χ3v) is 3.33. The lowest BCUT2D eigenvalue weighted by Gasteiger charge is -2.23. The van der Waals surface area contributed by atoms with Crippen molar-refractivity contribution in [3.63, 3.8) is 0 Å². The second-order valence-electron chi connectivity index (χ2n) is 3.66. The Bertz CT molecular complexity index is 554. The van der Waals surface area contributed by atoms with Gasteiger partial charge in [-0.05, 0) is 23.9 Å². The number of anilines is 1. The number of rotatable bonds is 2. The summed E-state index contributed by atoms with van der Waals surface area (Å²) in [7, 11) is 1.54. The molecule has 0 heterocycles. The Balaban J connectivity index is 2.72. The Morgan fingerprint density at radius 3 is 2.38 bits per heavy atom. The lowest BCUT2D eigenvalue weighted by atomic mass is 10.0. The number of aryl methyl sites for hydroxylation is 1. The zero-order valence-electron chi connectivity index (χ0n) is 9.14. The highest BCUT2D eigenvalue weighted by molar-refractivity contribution is 7.80. The van der Waals surface area contributed by atoms with Crippen molar-refractivity contribution in [3.05, 3.63) is 42.0 Å². The van der Waals surface area contributed by atoms with Gasteiger partial charge < -0.3 is 8.86 Å². The quantitative estimate of drug-likeness (QED) is 0.749. The van der Waals surface area contributed by atoms with Gasteiger partial charge in [-0.25, -0.2) is 0 Å². The molecule has 0 fully saturated rings. The number of hydrogen-bond acceptors (Lipinski definition) is 2. The Hall–Kier alpha value is -1.39. The summed E-state index contributed by atoms with van der Waals surface area (Å²) in [6.07, 6.45) is 0. The predicted molar refractivity (Wildman–Crippen MR) is 66.0 cm³/mol. The Labute approximate surface area is 97.1 Å².